The molecule has 0 saturated heterocycles. The van der Waals surface area contributed by atoms with Crippen molar-refractivity contribution in [2.24, 2.45) is 5.92 Å². The molecule has 356 valence electrons. The van der Waals surface area contributed by atoms with Crippen molar-refractivity contribution in [3.8, 4) is 0 Å². The topological polar surface area (TPSA) is 123 Å². The molecule has 2 N–H and O–H groups in total. The molecule has 1 atom stereocenters. The number of unbranched alkanes of at least 4 members (excludes halogenated alkanes) is 21. The normalized spacial score (nSPS) is 12.0. The van der Waals surface area contributed by atoms with Crippen molar-refractivity contribution in [3.05, 3.63) is 20.4 Å². The maximum atomic E-state index is 12.9. The number of hydrogen-bond acceptors (Lipinski definition) is 10. The monoisotopic (exact) mass is 862 g/mol. The van der Waals surface area contributed by atoms with Crippen LogP contribution in [0.25, 0.3) is 0 Å². The molecule has 0 amide bonds. The standard InChI is InChI=1S/C51H95N3O7/c1-6-10-13-16-20-27-35-45(36-28-21-17-14-11-7-2)61-46(55)37-29-22-18-23-30-39-54(41-33-38-53-48-47(52-5)49(56)50(48)57)40-31-24-25-32-42-59-51(58)60-43-44(9-4)34-26-19-15-12-8-3/h44-45,52-53H,6-43H2,1-5H3. The molecular formula is C51H95N3O7. The van der Waals surface area contributed by atoms with Gasteiger partial charge in [-0.2, -0.15) is 0 Å². The molecule has 0 bridgehead atoms. The van der Waals surface area contributed by atoms with Crippen LogP contribution in [0.3, 0.4) is 0 Å². The molecule has 0 aliphatic heterocycles. The summed E-state index contributed by atoms with van der Waals surface area (Å²) in [5, 5.41) is 6.00. The molecule has 0 aromatic heterocycles. The van der Waals surface area contributed by atoms with Crippen molar-refractivity contribution in [3.63, 3.8) is 0 Å². The molecule has 10 heteroatoms. The van der Waals surface area contributed by atoms with Gasteiger partial charge in [-0.3, -0.25) is 14.4 Å². The Balaban J connectivity index is 2.40. The van der Waals surface area contributed by atoms with E-state index in [4.69, 9.17) is 14.2 Å². The molecule has 0 aliphatic rings. The highest BCUT2D eigenvalue weighted by Crippen LogP contribution is 2.19. The minimum atomic E-state index is -0.541. The van der Waals surface area contributed by atoms with Gasteiger partial charge < -0.3 is 29.7 Å². The van der Waals surface area contributed by atoms with Crippen LogP contribution in [0.4, 0.5) is 16.2 Å². The van der Waals surface area contributed by atoms with Crippen molar-refractivity contribution >= 4 is 23.5 Å². The maximum Gasteiger partial charge on any atom is 0.508 e. The highest BCUT2D eigenvalue weighted by Gasteiger charge is 2.19. The van der Waals surface area contributed by atoms with Gasteiger partial charge in [0, 0.05) is 20.0 Å². The number of carbonyl (C=O) groups is 2. The molecule has 10 nitrogen and oxygen atoms in total. The van der Waals surface area contributed by atoms with Gasteiger partial charge in [-0.25, -0.2) is 4.79 Å². The molecule has 1 unspecified atom stereocenters. The quantitative estimate of drug-likeness (QED) is 0.0372. The van der Waals surface area contributed by atoms with E-state index in [0.717, 1.165) is 122 Å². The number of anilines is 2. The summed E-state index contributed by atoms with van der Waals surface area (Å²) >= 11 is 0. The summed E-state index contributed by atoms with van der Waals surface area (Å²) in [7, 11) is 1.66. The third-order valence-corrected chi connectivity index (χ3v) is 12.3. The first kappa shape index (κ1) is 56.4. The lowest BCUT2D eigenvalue weighted by atomic mass is 9.99. The summed E-state index contributed by atoms with van der Waals surface area (Å²) in [6, 6.07) is 0. The molecule has 1 aromatic rings. The predicted octanol–water partition coefficient (Wildman–Crippen LogP) is 13.3. The highest BCUT2D eigenvalue weighted by molar-refractivity contribution is 5.73. The lowest BCUT2D eigenvalue weighted by Gasteiger charge is -2.23. The Morgan fingerprint density at radius 3 is 1.57 bits per heavy atom. The van der Waals surface area contributed by atoms with E-state index in [-0.39, 0.29) is 12.1 Å². The Bertz CT molecular complexity index is 1230. The van der Waals surface area contributed by atoms with Gasteiger partial charge in [0.25, 0.3) is 10.9 Å². The number of nitrogens with zero attached hydrogens (tertiary/aromatic N) is 1. The van der Waals surface area contributed by atoms with E-state index in [2.05, 4.69) is 43.2 Å². The van der Waals surface area contributed by atoms with Crippen LogP contribution in [0, 0.1) is 5.92 Å². The van der Waals surface area contributed by atoms with E-state index in [9.17, 15) is 19.2 Å². The highest BCUT2D eigenvalue weighted by atomic mass is 16.7. The molecule has 0 radical (unpaired) electrons. The SMILES string of the molecule is CCCCCCCCC(CCCCCCCC)OC(=O)CCCCCCCN(CCCCCCOC(=O)OCC(CC)CCCCCCC)CCCNc1c(NC)c(=O)c1=O. The molecule has 1 rings (SSSR count). The van der Waals surface area contributed by atoms with E-state index >= 15 is 0 Å². The summed E-state index contributed by atoms with van der Waals surface area (Å²) < 4.78 is 16.9. The molecule has 0 fully saturated rings. The largest absolute Gasteiger partial charge is 0.508 e. The average molecular weight is 862 g/mol. The van der Waals surface area contributed by atoms with Gasteiger partial charge in [0.1, 0.15) is 17.5 Å². The van der Waals surface area contributed by atoms with Crippen molar-refractivity contribution in [1.29, 1.82) is 0 Å². The smallest absolute Gasteiger partial charge is 0.462 e. The fraction of sp³-hybridized carbons (Fsp3) is 0.882. The number of rotatable bonds is 45. The van der Waals surface area contributed by atoms with Crippen molar-refractivity contribution in [1.82, 2.24) is 4.90 Å². The fourth-order valence-corrected chi connectivity index (χ4v) is 8.21. The number of nitrogens with one attached hydrogen (secondary N) is 2. The summed E-state index contributed by atoms with van der Waals surface area (Å²) in [6.45, 7) is 13.3. The fourth-order valence-electron chi connectivity index (χ4n) is 8.21. The minimum Gasteiger partial charge on any atom is -0.462 e. The molecule has 0 saturated carbocycles. The van der Waals surface area contributed by atoms with E-state index in [1.54, 1.807) is 7.05 Å². The van der Waals surface area contributed by atoms with Crippen LogP contribution >= 0.6 is 0 Å². The first-order valence-corrected chi connectivity index (χ1v) is 25.8. The first-order valence-electron chi connectivity index (χ1n) is 25.8. The third kappa shape index (κ3) is 30.2. The zero-order valence-electron chi connectivity index (χ0n) is 40.3. The summed E-state index contributed by atoms with van der Waals surface area (Å²) in [5.41, 5.74) is -0.100. The van der Waals surface area contributed by atoms with Gasteiger partial charge in [0.2, 0.25) is 0 Å². The number of esters is 1. The van der Waals surface area contributed by atoms with Gasteiger partial charge in [-0.05, 0) is 89.8 Å². The Kier molecular flexibility index (Phi) is 37.1. The van der Waals surface area contributed by atoms with Crippen molar-refractivity contribution < 1.29 is 23.8 Å². The molecule has 0 spiro atoms. The van der Waals surface area contributed by atoms with Gasteiger partial charge >= 0.3 is 12.1 Å². The molecular weight excluding hydrogens is 767 g/mol. The zero-order chi connectivity index (χ0) is 44.6. The molecule has 0 aliphatic carbocycles. The van der Waals surface area contributed by atoms with E-state index in [1.807, 2.05) is 0 Å². The maximum absolute atomic E-state index is 12.9. The second-order valence-corrected chi connectivity index (χ2v) is 17.8. The Morgan fingerprint density at radius 1 is 0.541 bits per heavy atom. The lowest BCUT2D eigenvalue weighted by molar-refractivity contribution is -0.150. The minimum absolute atomic E-state index is 0.0114. The third-order valence-electron chi connectivity index (χ3n) is 12.3. The van der Waals surface area contributed by atoms with E-state index < -0.39 is 17.0 Å². The van der Waals surface area contributed by atoms with Crippen LogP contribution < -0.4 is 21.5 Å². The van der Waals surface area contributed by atoms with Crippen molar-refractivity contribution in [2.45, 2.75) is 239 Å². The van der Waals surface area contributed by atoms with Crippen molar-refractivity contribution in [2.75, 3.05) is 57.1 Å². The average Bonchev–Trinajstić information content (AvgIpc) is 3.26. The first-order chi connectivity index (χ1) is 29.8. The van der Waals surface area contributed by atoms with Crippen LogP contribution in [0.1, 0.15) is 233 Å². The number of ether oxygens (including phenoxy) is 3. The Labute approximate surface area is 373 Å². The van der Waals surface area contributed by atoms with Crippen LogP contribution in [0.2, 0.25) is 0 Å². The van der Waals surface area contributed by atoms with Gasteiger partial charge in [-0.1, -0.05) is 163 Å². The predicted molar refractivity (Wildman–Crippen MR) is 257 cm³/mol. The van der Waals surface area contributed by atoms with Crippen LogP contribution in [-0.4, -0.2) is 69.6 Å². The second kappa shape index (κ2) is 40.2. The van der Waals surface area contributed by atoms with Crippen LogP contribution in [0.5, 0.6) is 0 Å². The van der Waals surface area contributed by atoms with Crippen LogP contribution in [-0.2, 0) is 19.0 Å². The summed E-state index contributed by atoms with van der Waals surface area (Å²) in [4.78, 5) is 51.3. The molecule has 1 aromatic carbocycles. The number of hydrogen-bond donors (Lipinski definition) is 2. The van der Waals surface area contributed by atoms with Gasteiger partial charge in [0.15, 0.2) is 0 Å². The Morgan fingerprint density at radius 2 is 1.02 bits per heavy atom. The lowest BCUT2D eigenvalue weighted by Crippen LogP contribution is -2.37. The summed E-state index contributed by atoms with van der Waals surface area (Å²) in [6.07, 6.45) is 35.8. The van der Waals surface area contributed by atoms with Gasteiger partial charge in [0.05, 0.1) is 13.2 Å². The zero-order valence-corrected chi connectivity index (χ0v) is 40.3. The van der Waals surface area contributed by atoms with Crippen LogP contribution in [0.15, 0.2) is 9.59 Å². The molecule has 0 heterocycles. The number of carbonyl (C=O) groups excluding carboxylic acids is 2. The molecule has 61 heavy (non-hydrogen) atoms. The van der Waals surface area contributed by atoms with Gasteiger partial charge in [-0.15, -0.1) is 0 Å². The van der Waals surface area contributed by atoms with E-state index in [0.29, 0.717) is 43.5 Å². The van der Waals surface area contributed by atoms with E-state index in [1.165, 1.54) is 96.3 Å². The Hall–Kier alpha value is -2.62. The second-order valence-electron chi connectivity index (χ2n) is 17.8. The summed E-state index contributed by atoms with van der Waals surface area (Å²) in [5.74, 6) is 0.399.